The zero-order valence-electron chi connectivity index (χ0n) is 4.89. The second-order valence-electron chi connectivity index (χ2n) is 1.48. The summed E-state index contributed by atoms with van der Waals surface area (Å²) in [5, 5.41) is 10.2. The Morgan fingerprint density at radius 3 is 2.89 bits per heavy atom. The Labute approximate surface area is 60.8 Å². The third-order valence-electron chi connectivity index (χ3n) is 0.770. The monoisotopic (exact) mass is 191 g/mol. The topological polar surface area (TPSA) is 51.0 Å². The Bertz CT molecular complexity index is 188. The van der Waals surface area contributed by atoms with E-state index in [0.717, 1.165) is 0 Å². The fourth-order valence-electron chi connectivity index (χ4n) is 0.456. The predicted molar refractivity (Wildman–Crippen MR) is 34.8 cm³/mol. The molecule has 0 fully saturated rings. The first-order valence-corrected chi connectivity index (χ1v) is 3.24. The van der Waals surface area contributed by atoms with Crippen LogP contribution in [0.1, 0.15) is 5.89 Å². The van der Waals surface area contributed by atoms with Crippen molar-refractivity contribution in [1.82, 2.24) is 15.5 Å². The molecule has 1 N–H and O–H groups in total. The van der Waals surface area contributed by atoms with Gasteiger partial charge in [-0.15, -0.1) is 10.2 Å². The number of hydrogen-bond donors (Lipinski definition) is 1. The molecule has 0 bridgehead atoms. The van der Waals surface area contributed by atoms with Crippen molar-refractivity contribution in [3.63, 3.8) is 0 Å². The number of rotatable bonds is 2. The van der Waals surface area contributed by atoms with Gasteiger partial charge in [-0.3, -0.25) is 0 Å². The van der Waals surface area contributed by atoms with Crippen LogP contribution < -0.4 is 5.32 Å². The summed E-state index contributed by atoms with van der Waals surface area (Å²) in [7, 11) is 1.82. The van der Waals surface area contributed by atoms with E-state index in [1.54, 1.807) is 0 Å². The molecule has 0 amide bonds. The second-order valence-corrected chi connectivity index (χ2v) is 2.16. The van der Waals surface area contributed by atoms with Gasteiger partial charge in [0, 0.05) is 15.9 Å². The van der Waals surface area contributed by atoms with E-state index in [4.69, 9.17) is 4.42 Å². The van der Waals surface area contributed by atoms with E-state index in [-0.39, 0.29) is 0 Å². The van der Waals surface area contributed by atoms with Crippen molar-refractivity contribution in [2.75, 3.05) is 7.05 Å². The molecule has 9 heavy (non-hydrogen) atoms. The van der Waals surface area contributed by atoms with Crippen LogP contribution in [-0.2, 0) is 6.54 Å². The molecule has 0 saturated heterocycles. The number of halogens is 1. The largest absolute Gasteiger partial charge is 0.414 e. The highest BCUT2D eigenvalue weighted by Crippen LogP contribution is 2.05. The smallest absolute Gasteiger partial charge is 0.284 e. The van der Waals surface area contributed by atoms with Gasteiger partial charge in [-0.25, -0.2) is 0 Å². The maximum Gasteiger partial charge on any atom is 0.284 e. The van der Waals surface area contributed by atoms with E-state index >= 15 is 0 Å². The Balaban J connectivity index is 2.61. The molecule has 0 unspecified atom stereocenters. The molecule has 1 heterocycles. The highest BCUT2D eigenvalue weighted by atomic mass is 79.9. The molecule has 5 heteroatoms. The van der Waals surface area contributed by atoms with Crippen LogP contribution in [-0.4, -0.2) is 17.2 Å². The Kier molecular flexibility index (Phi) is 2.18. The lowest BCUT2D eigenvalue weighted by Gasteiger charge is -1.86. The SMILES string of the molecule is CNCc1nnc(Br)o1. The van der Waals surface area contributed by atoms with E-state index in [1.807, 2.05) is 7.05 Å². The van der Waals surface area contributed by atoms with Gasteiger partial charge in [-0.05, 0) is 7.05 Å². The Morgan fingerprint density at radius 2 is 2.44 bits per heavy atom. The van der Waals surface area contributed by atoms with Crippen LogP contribution in [0.15, 0.2) is 9.22 Å². The second kappa shape index (κ2) is 2.93. The highest BCUT2D eigenvalue weighted by Gasteiger charge is 1.98. The van der Waals surface area contributed by atoms with Crippen molar-refractivity contribution in [2.24, 2.45) is 0 Å². The molecule has 0 saturated carbocycles. The van der Waals surface area contributed by atoms with Crippen molar-refractivity contribution in [2.45, 2.75) is 6.54 Å². The van der Waals surface area contributed by atoms with Gasteiger partial charge in [0.15, 0.2) is 0 Å². The van der Waals surface area contributed by atoms with Crippen molar-refractivity contribution >= 4 is 15.9 Å². The van der Waals surface area contributed by atoms with Gasteiger partial charge in [0.25, 0.3) is 4.80 Å². The first kappa shape index (κ1) is 6.70. The predicted octanol–water partition coefficient (Wildman–Crippen LogP) is 0.551. The molecular formula is C4H6BrN3O. The average Bonchev–Trinajstić information content (AvgIpc) is 2.17. The zero-order chi connectivity index (χ0) is 6.69. The fraction of sp³-hybridized carbons (Fsp3) is 0.500. The molecule has 1 rings (SSSR count). The van der Waals surface area contributed by atoms with Crippen LogP contribution >= 0.6 is 15.9 Å². The van der Waals surface area contributed by atoms with Gasteiger partial charge in [-0.2, -0.15) is 0 Å². The van der Waals surface area contributed by atoms with E-state index < -0.39 is 0 Å². The van der Waals surface area contributed by atoms with Crippen LogP contribution in [0.25, 0.3) is 0 Å². The van der Waals surface area contributed by atoms with E-state index in [2.05, 4.69) is 31.4 Å². The maximum atomic E-state index is 4.96. The third-order valence-corrected chi connectivity index (χ3v) is 1.09. The molecule has 1 aromatic heterocycles. The van der Waals surface area contributed by atoms with Crippen LogP contribution in [0.4, 0.5) is 0 Å². The number of aromatic nitrogens is 2. The van der Waals surface area contributed by atoms with Crippen molar-refractivity contribution in [1.29, 1.82) is 0 Å². The molecule has 0 aliphatic heterocycles. The molecule has 0 spiro atoms. The lowest BCUT2D eigenvalue weighted by Crippen LogP contribution is -2.04. The summed E-state index contributed by atoms with van der Waals surface area (Å²) in [4.78, 5) is 0.424. The van der Waals surface area contributed by atoms with Gasteiger partial charge >= 0.3 is 0 Å². The van der Waals surface area contributed by atoms with Crippen molar-refractivity contribution < 1.29 is 4.42 Å². The minimum atomic E-state index is 0.424. The highest BCUT2D eigenvalue weighted by molar-refractivity contribution is 9.10. The van der Waals surface area contributed by atoms with Crippen molar-refractivity contribution in [3.05, 3.63) is 10.7 Å². The van der Waals surface area contributed by atoms with Gasteiger partial charge < -0.3 is 9.73 Å². The average molecular weight is 192 g/mol. The zero-order valence-corrected chi connectivity index (χ0v) is 6.47. The van der Waals surface area contributed by atoms with Gasteiger partial charge in [0.1, 0.15) is 0 Å². The first-order valence-electron chi connectivity index (χ1n) is 2.45. The normalized spacial score (nSPS) is 10.0. The Hall–Kier alpha value is -0.420. The molecule has 0 atom stereocenters. The maximum absolute atomic E-state index is 4.96. The lowest BCUT2D eigenvalue weighted by molar-refractivity contribution is 0.460. The summed E-state index contributed by atoms with van der Waals surface area (Å²) < 4.78 is 4.96. The quantitative estimate of drug-likeness (QED) is 0.743. The Morgan fingerprint density at radius 1 is 1.67 bits per heavy atom. The number of nitrogens with zero attached hydrogens (tertiary/aromatic N) is 2. The van der Waals surface area contributed by atoms with Gasteiger partial charge in [0.05, 0.1) is 6.54 Å². The van der Waals surface area contributed by atoms with Crippen LogP contribution in [0, 0.1) is 0 Å². The fourth-order valence-corrected chi connectivity index (χ4v) is 0.722. The molecule has 0 aliphatic carbocycles. The molecule has 0 radical (unpaired) electrons. The summed E-state index contributed by atoms with van der Waals surface area (Å²) in [5.74, 6) is 0.587. The van der Waals surface area contributed by atoms with Crippen LogP contribution in [0.2, 0.25) is 0 Å². The summed E-state index contributed by atoms with van der Waals surface area (Å²) >= 11 is 3.03. The van der Waals surface area contributed by atoms with Gasteiger partial charge in [-0.1, -0.05) is 0 Å². The molecule has 0 aromatic carbocycles. The van der Waals surface area contributed by atoms with Crippen LogP contribution in [0.5, 0.6) is 0 Å². The van der Waals surface area contributed by atoms with E-state index in [1.165, 1.54) is 0 Å². The molecule has 4 nitrogen and oxygen atoms in total. The molecular weight excluding hydrogens is 186 g/mol. The van der Waals surface area contributed by atoms with Crippen LogP contribution in [0.3, 0.4) is 0 Å². The first-order chi connectivity index (χ1) is 4.33. The summed E-state index contributed by atoms with van der Waals surface area (Å²) in [6.45, 7) is 0.610. The molecule has 50 valence electrons. The van der Waals surface area contributed by atoms with Gasteiger partial charge in [0.2, 0.25) is 5.89 Å². The summed E-state index contributed by atoms with van der Waals surface area (Å²) in [6, 6.07) is 0. The molecule has 1 aromatic rings. The summed E-state index contributed by atoms with van der Waals surface area (Å²) in [5.41, 5.74) is 0. The standard InChI is InChI=1S/C4H6BrN3O/c1-6-2-3-7-8-4(5)9-3/h6H,2H2,1H3. The van der Waals surface area contributed by atoms with E-state index in [0.29, 0.717) is 17.2 Å². The lowest BCUT2D eigenvalue weighted by atomic mass is 10.7. The minimum absolute atomic E-state index is 0.424. The minimum Gasteiger partial charge on any atom is -0.414 e. The number of hydrogen-bond acceptors (Lipinski definition) is 4. The summed E-state index contributed by atoms with van der Waals surface area (Å²) in [6.07, 6.45) is 0. The number of nitrogens with one attached hydrogen (secondary N) is 1. The van der Waals surface area contributed by atoms with Crippen molar-refractivity contribution in [3.8, 4) is 0 Å². The molecule has 0 aliphatic rings. The third kappa shape index (κ3) is 1.76. The van der Waals surface area contributed by atoms with E-state index in [9.17, 15) is 0 Å².